The van der Waals surface area contributed by atoms with Crippen LogP contribution >= 0.6 is 11.3 Å². The SMILES string of the molecule is CN(CC=CC(=O)N1CCC[C@@H](Nc2n[nH]c3nccc(Oc4ccc(C(=O)Nc5nc6ccccc6s5)cc4)c23)C1)C1CC1. The molecule has 1 atom stereocenters. The molecule has 230 valence electrons. The number of pyridine rings is 1. The van der Waals surface area contributed by atoms with E-state index >= 15 is 0 Å². The molecule has 0 bridgehead atoms. The lowest BCUT2D eigenvalue weighted by molar-refractivity contribution is -0.127. The molecule has 45 heavy (non-hydrogen) atoms. The van der Waals surface area contributed by atoms with E-state index in [1.54, 1.807) is 42.6 Å². The van der Waals surface area contributed by atoms with Gasteiger partial charge in [-0.25, -0.2) is 9.97 Å². The second-order valence-electron chi connectivity index (χ2n) is 11.5. The first-order chi connectivity index (χ1) is 22.0. The Morgan fingerprint density at radius 2 is 1.98 bits per heavy atom. The summed E-state index contributed by atoms with van der Waals surface area (Å²) in [7, 11) is 2.11. The molecule has 0 spiro atoms. The fraction of sp³-hybridized carbons (Fsp3) is 0.303. The van der Waals surface area contributed by atoms with E-state index in [9.17, 15) is 9.59 Å². The average molecular weight is 623 g/mol. The Bertz CT molecular complexity index is 1830. The number of carbonyl (C=O) groups excluding carboxylic acids is 2. The Balaban J connectivity index is 0.997. The molecule has 4 heterocycles. The monoisotopic (exact) mass is 622 g/mol. The Kier molecular flexibility index (Phi) is 8.14. The largest absolute Gasteiger partial charge is 0.456 e. The van der Waals surface area contributed by atoms with Crippen molar-refractivity contribution in [3.05, 3.63) is 78.5 Å². The predicted octanol–water partition coefficient (Wildman–Crippen LogP) is 5.67. The summed E-state index contributed by atoms with van der Waals surface area (Å²) in [5.74, 6) is 1.57. The van der Waals surface area contributed by atoms with Crippen molar-refractivity contribution in [2.75, 3.05) is 37.3 Å². The van der Waals surface area contributed by atoms with Crippen LogP contribution in [0.4, 0.5) is 10.9 Å². The predicted molar refractivity (Wildman–Crippen MR) is 176 cm³/mol. The molecule has 0 unspecified atom stereocenters. The summed E-state index contributed by atoms with van der Waals surface area (Å²) in [5.41, 5.74) is 1.94. The molecule has 2 aromatic carbocycles. The molecule has 1 saturated carbocycles. The fourth-order valence-electron chi connectivity index (χ4n) is 5.59. The van der Waals surface area contributed by atoms with E-state index in [1.807, 2.05) is 35.2 Å². The maximum absolute atomic E-state index is 12.9. The van der Waals surface area contributed by atoms with E-state index in [0.717, 1.165) is 41.5 Å². The van der Waals surface area contributed by atoms with Gasteiger partial charge in [-0.15, -0.1) is 0 Å². The first kappa shape index (κ1) is 28.9. The van der Waals surface area contributed by atoms with Gasteiger partial charge < -0.3 is 15.0 Å². The molecule has 7 rings (SSSR count). The number of anilines is 2. The highest BCUT2D eigenvalue weighted by Crippen LogP contribution is 2.34. The van der Waals surface area contributed by atoms with Crippen LogP contribution in [0, 0.1) is 0 Å². The van der Waals surface area contributed by atoms with E-state index in [2.05, 4.69) is 42.7 Å². The Hall–Kier alpha value is -4.81. The Labute approximate surface area is 264 Å². The van der Waals surface area contributed by atoms with Crippen molar-refractivity contribution >= 4 is 55.4 Å². The van der Waals surface area contributed by atoms with E-state index in [0.29, 0.717) is 46.2 Å². The van der Waals surface area contributed by atoms with Gasteiger partial charge in [0.15, 0.2) is 16.6 Å². The summed E-state index contributed by atoms with van der Waals surface area (Å²) in [6.45, 7) is 2.12. The van der Waals surface area contributed by atoms with Gasteiger partial charge in [0.2, 0.25) is 5.91 Å². The summed E-state index contributed by atoms with van der Waals surface area (Å²) < 4.78 is 7.27. The van der Waals surface area contributed by atoms with Crippen LogP contribution in [-0.2, 0) is 4.79 Å². The number of aromatic amines is 1. The minimum absolute atomic E-state index is 0.0398. The first-order valence-electron chi connectivity index (χ1n) is 15.2. The Morgan fingerprint density at radius 1 is 1.13 bits per heavy atom. The number of carbonyl (C=O) groups is 2. The molecule has 1 aliphatic carbocycles. The number of likely N-dealkylation sites (N-methyl/N-ethyl adjacent to an activating group) is 1. The van der Waals surface area contributed by atoms with Gasteiger partial charge in [0.1, 0.15) is 16.9 Å². The van der Waals surface area contributed by atoms with E-state index in [-0.39, 0.29) is 17.9 Å². The van der Waals surface area contributed by atoms with Crippen LogP contribution in [0.2, 0.25) is 0 Å². The van der Waals surface area contributed by atoms with Crippen molar-refractivity contribution < 1.29 is 14.3 Å². The van der Waals surface area contributed by atoms with Crippen LogP contribution in [0.25, 0.3) is 21.3 Å². The van der Waals surface area contributed by atoms with Gasteiger partial charge in [-0.2, -0.15) is 5.10 Å². The number of nitrogens with zero attached hydrogens (tertiary/aromatic N) is 5. The van der Waals surface area contributed by atoms with Crippen LogP contribution in [0.3, 0.4) is 0 Å². The van der Waals surface area contributed by atoms with Gasteiger partial charge in [0.25, 0.3) is 5.91 Å². The molecule has 12 heteroatoms. The van der Waals surface area contributed by atoms with E-state index < -0.39 is 0 Å². The maximum Gasteiger partial charge on any atom is 0.257 e. The van der Waals surface area contributed by atoms with Gasteiger partial charge in [-0.05, 0) is 69.1 Å². The number of benzene rings is 2. The molecule has 2 aliphatic rings. The zero-order chi connectivity index (χ0) is 30.8. The number of para-hydroxylation sites is 1. The zero-order valence-corrected chi connectivity index (χ0v) is 25.7. The second-order valence-corrected chi connectivity index (χ2v) is 12.5. The number of likely N-dealkylation sites (tertiary alicyclic amines) is 1. The van der Waals surface area contributed by atoms with Crippen LogP contribution in [0.5, 0.6) is 11.5 Å². The lowest BCUT2D eigenvalue weighted by Crippen LogP contribution is -2.44. The molecule has 2 amide bonds. The van der Waals surface area contributed by atoms with Crippen molar-refractivity contribution in [3.63, 3.8) is 0 Å². The lowest BCUT2D eigenvalue weighted by Gasteiger charge is -2.32. The minimum Gasteiger partial charge on any atom is -0.456 e. The number of rotatable bonds is 10. The number of ether oxygens (including phenoxy) is 1. The molecule has 1 saturated heterocycles. The van der Waals surface area contributed by atoms with Gasteiger partial charge in [-0.1, -0.05) is 29.5 Å². The van der Waals surface area contributed by atoms with Crippen LogP contribution in [0.1, 0.15) is 36.0 Å². The highest BCUT2D eigenvalue weighted by atomic mass is 32.1. The third kappa shape index (κ3) is 6.66. The quantitative estimate of drug-likeness (QED) is 0.170. The number of amides is 2. The summed E-state index contributed by atoms with van der Waals surface area (Å²) in [6.07, 6.45) is 9.66. The third-order valence-electron chi connectivity index (χ3n) is 8.18. The molecule has 0 radical (unpaired) electrons. The van der Waals surface area contributed by atoms with Crippen LogP contribution in [-0.4, -0.2) is 80.5 Å². The fourth-order valence-corrected chi connectivity index (χ4v) is 6.45. The molecule has 5 aromatic rings. The van der Waals surface area contributed by atoms with Gasteiger partial charge in [0, 0.05) is 55.6 Å². The molecule has 3 N–H and O–H groups in total. The smallest absolute Gasteiger partial charge is 0.257 e. The number of H-pyrrole nitrogens is 1. The summed E-state index contributed by atoms with van der Waals surface area (Å²) in [4.78, 5) is 38.8. The van der Waals surface area contributed by atoms with Crippen LogP contribution in [0.15, 0.2) is 72.9 Å². The number of nitrogens with one attached hydrogen (secondary N) is 3. The molecule has 11 nitrogen and oxygen atoms in total. The number of piperidine rings is 1. The van der Waals surface area contributed by atoms with Gasteiger partial charge in [0.05, 0.1) is 10.2 Å². The van der Waals surface area contributed by atoms with E-state index in [4.69, 9.17) is 4.74 Å². The standard InChI is InChI=1S/C33H34N8O3S/c1-40(23-12-13-23)18-5-9-28(42)41-19-4-6-22(20-41)35-31-29-26(16-17-34-30(29)38-39-31)44-24-14-10-21(11-15-24)32(43)37-33-36-25-7-2-3-8-27(25)45-33/h2-3,5,7-11,14-17,22-23H,4,6,12-13,18-20H2,1H3,(H,36,37,43)(H2,34,35,38,39)/t22-/m1/s1. The lowest BCUT2D eigenvalue weighted by atomic mass is 10.1. The number of aromatic nitrogens is 4. The number of thiazole rings is 1. The van der Waals surface area contributed by atoms with E-state index in [1.165, 1.54) is 24.2 Å². The number of hydrogen-bond acceptors (Lipinski definition) is 9. The zero-order valence-electron chi connectivity index (χ0n) is 24.9. The van der Waals surface area contributed by atoms with Gasteiger partial charge >= 0.3 is 0 Å². The van der Waals surface area contributed by atoms with Crippen molar-refractivity contribution in [1.82, 2.24) is 30.0 Å². The number of hydrogen-bond donors (Lipinski definition) is 3. The summed E-state index contributed by atoms with van der Waals surface area (Å²) in [5, 5.41) is 15.2. The van der Waals surface area contributed by atoms with Gasteiger partial charge in [-0.3, -0.25) is 24.9 Å². The highest BCUT2D eigenvalue weighted by molar-refractivity contribution is 7.22. The molecule has 1 aliphatic heterocycles. The first-order valence-corrected chi connectivity index (χ1v) is 16.0. The van der Waals surface area contributed by atoms with Crippen molar-refractivity contribution in [3.8, 4) is 11.5 Å². The summed E-state index contributed by atoms with van der Waals surface area (Å²) in [6, 6.07) is 17.2. The maximum atomic E-state index is 12.9. The van der Waals surface area contributed by atoms with Crippen molar-refractivity contribution in [2.24, 2.45) is 0 Å². The topological polar surface area (TPSA) is 128 Å². The third-order valence-corrected chi connectivity index (χ3v) is 9.13. The highest BCUT2D eigenvalue weighted by Gasteiger charge is 2.26. The average Bonchev–Trinajstić information content (AvgIpc) is 3.71. The molecular weight excluding hydrogens is 588 g/mol. The molecule has 2 fully saturated rings. The van der Waals surface area contributed by atoms with Crippen molar-refractivity contribution in [2.45, 2.75) is 37.8 Å². The molecular formula is C33H34N8O3S. The summed E-state index contributed by atoms with van der Waals surface area (Å²) >= 11 is 1.44. The van der Waals surface area contributed by atoms with Crippen molar-refractivity contribution in [1.29, 1.82) is 0 Å². The minimum atomic E-state index is -0.241. The second kappa shape index (κ2) is 12.7. The molecule has 3 aromatic heterocycles. The Morgan fingerprint density at radius 3 is 2.80 bits per heavy atom. The number of fused-ring (bicyclic) bond motifs is 2. The van der Waals surface area contributed by atoms with Crippen LogP contribution < -0.4 is 15.4 Å². The normalized spacial score (nSPS) is 16.9.